The van der Waals surface area contributed by atoms with E-state index in [-0.39, 0.29) is 24.0 Å². The summed E-state index contributed by atoms with van der Waals surface area (Å²) < 4.78 is 15.5. The van der Waals surface area contributed by atoms with Crippen LogP contribution in [0.1, 0.15) is 23.0 Å². The van der Waals surface area contributed by atoms with Gasteiger partial charge in [0.2, 0.25) is 0 Å². The Morgan fingerprint density at radius 1 is 1.21 bits per heavy atom. The Morgan fingerprint density at radius 3 is 2.67 bits per heavy atom. The fourth-order valence-electron chi connectivity index (χ4n) is 2.40. The number of nitrogens with zero attached hydrogens (tertiary/aromatic N) is 4. The van der Waals surface area contributed by atoms with Crippen LogP contribution in [0.3, 0.4) is 0 Å². The molecule has 6 nitrogen and oxygen atoms in total. The third-order valence-electron chi connectivity index (χ3n) is 3.52. The van der Waals surface area contributed by atoms with E-state index >= 15 is 0 Å². The highest BCUT2D eigenvalue weighted by atomic mass is 19.1. The van der Waals surface area contributed by atoms with Crippen molar-refractivity contribution in [3.8, 4) is 11.3 Å². The summed E-state index contributed by atoms with van der Waals surface area (Å²) in [6, 6.07) is 9.98. The van der Waals surface area contributed by atoms with Gasteiger partial charge in [0.05, 0.1) is 6.54 Å². The summed E-state index contributed by atoms with van der Waals surface area (Å²) >= 11 is 0. The van der Waals surface area contributed by atoms with Crippen LogP contribution in [0.15, 0.2) is 48.8 Å². The van der Waals surface area contributed by atoms with E-state index in [1.165, 1.54) is 10.7 Å². The molecule has 0 fully saturated rings. The summed E-state index contributed by atoms with van der Waals surface area (Å²) in [4.78, 5) is 16.2. The molecule has 122 valence electrons. The topological polar surface area (TPSA) is 72.7 Å². The molecule has 0 aliphatic rings. The van der Waals surface area contributed by atoms with Crippen LogP contribution in [-0.4, -0.2) is 32.4 Å². The Labute approximate surface area is 138 Å². The standard InChI is InChI=1S/C17H16FN5O/c1-2-20-17(24)15-16(12-7-9-19-10-8-12)23(22-21-15)11-13-5-3-4-6-14(13)18/h3-10H,2,11H2,1H3,(H,20,24). The number of hydrogen-bond donors (Lipinski definition) is 1. The maximum absolute atomic E-state index is 13.9. The highest BCUT2D eigenvalue weighted by Crippen LogP contribution is 2.23. The van der Waals surface area contributed by atoms with Crippen LogP contribution in [0.4, 0.5) is 4.39 Å². The molecule has 0 bridgehead atoms. The van der Waals surface area contributed by atoms with Gasteiger partial charge in [-0.25, -0.2) is 9.07 Å². The van der Waals surface area contributed by atoms with Crippen molar-refractivity contribution in [2.45, 2.75) is 13.5 Å². The molecule has 3 aromatic rings. The third-order valence-corrected chi connectivity index (χ3v) is 3.52. The molecule has 2 aromatic heterocycles. The second-order valence-electron chi connectivity index (χ2n) is 5.13. The molecule has 1 aromatic carbocycles. The second-order valence-corrected chi connectivity index (χ2v) is 5.13. The first-order valence-corrected chi connectivity index (χ1v) is 7.56. The maximum Gasteiger partial charge on any atom is 0.274 e. The van der Waals surface area contributed by atoms with Crippen molar-refractivity contribution >= 4 is 5.91 Å². The molecule has 2 heterocycles. The minimum Gasteiger partial charge on any atom is -0.351 e. The lowest BCUT2D eigenvalue weighted by molar-refractivity contribution is 0.0951. The van der Waals surface area contributed by atoms with E-state index in [0.717, 1.165) is 5.56 Å². The quantitative estimate of drug-likeness (QED) is 0.781. The Morgan fingerprint density at radius 2 is 1.96 bits per heavy atom. The maximum atomic E-state index is 13.9. The van der Waals surface area contributed by atoms with E-state index < -0.39 is 0 Å². The van der Waals surface area contributed by atoms with Gasteiger partial charge in [-0.05, 0) is 25.1 Å². The molecule has 24 heavy (non-hydrogen) atoms. The number of carbonyl (C=O) groups excluding carboxylic acids is 1. The van der Waals surface area contributed by atoms with Gasteiger partial charge >= 0.3 is 0 Å². The van der Waals surface area contributed by atoms with Crippen molar-refractivity contribution < 1.29 is 9.18 Å². The van der Waals surface area contributed by atoms with Crippen molar-refractivity contribution in [3.05, 3.63) is 65.9 Å². The fraction of sp³-hybridized carbons (Fsp3) is 0.176. The van der Waals surface area contributed by atoms with Crippen LogP contribution in [0.2, 0.25) is 0 Å². The summed E-state index contributed by atoms with van der Waals surface area (Å²) in [6.45, 7) is 2.49. The number of pyridine rings is 1. The SMILES string of the molecule is CCNC(=O)c1nnn(Cc2ccccc2F)c1-c1ccncc1. The molecule has 3 rings (SSSR count). The smallest absolute Gasteiger partial charge is 0.274 e. The van der Waals surface area contributed by atoms with Crippen molar-refractivity contribution in [1.82, 2.24) is 25.3 Å². The van der Waals surface area contributed by atoms with E-state index in [4.69, 9.17) is 0 Å². The van der Waals surface area contributed by atoms with Crippen molar-refractivity contribution in [2.75, 3.05) is 6.54 Å². The highest BCUT2D eigenvalue weighted by molar-refractivity contribution is 5.97. The average molecular weight is 325 g/mol. The second kappa shape index (κ2) is 6.99. The van der Waals surface area contributed by atoms with E-state index in [1.807, 2.05) is 6.92 Å². The molecule has 7 heteroatoms. The molecule has 0 radical (unpaired) electrons. The molecule has 0 atom stereocenters. The predicted octanol–water partition coefficient (Wildman–Crippen LogP) is 2.28. The monoisotopic (exact) mass is 325 g/mol. The van der Waals surface area contributed by atoms with E-state index in [2.05, 4.69) is 20.6 Å². The molecule has 0 saturated carbocycles. The first-order valence-electron chi connectivity index (χ1n) is 7.56. The number of carbonyl (C=O) groups is 1. The zero-order chi connectivity index (χ0) is 16.9. The van der Waals surface area contributed by atoms with Crippen LogP contribution in [0.5, 0.6) is 0 Å². The van der Waals surface area contributed by atoms with Crippen molar-refractivity contribution in [3.63, 3.8) is 0 Å². The molecule has 0 saturated heterocycles. The molecular weight excluding hydrogens is 309 g/mol. The molecule has 0 aliphatic carbocycles. The fourth-order valence-corrected chi connectivity index (χ4v) is 2.40. The van der Waals surface area contributed by atoms with E-state index in [9.17, 15) is 9.18 Å². The van der Waals surface area contributed by atoms with Gasteiger partial charge in [-0.15, -0.1) is 5.10 Å². The van der Waals surface area contributed by atoms with Crippen molar-refractivity contribution in [1.29, 1.82) is 0 Å². The van der Waals surface area contributed by atoms with Gasteiger partial charge in [0.1, 0.15) is 11.5 Å². The summed E-state index contributed by atoms with van der Waals surface area (Å²) in [7, 11) is 0. The number of aromatic nitrogens is 4. The van der Waals surface area contributed by atoms with Gasteiger partial charge < -0.3 is 5.32 Å². The number of nitrogens with one attached hydrogen (secondary N) is 1. The third kappa shape index (κ3) is 3.15. The average Bonchev–Trinajstić information content (AvgIpc) is 3.02. The normalized spacial score (nSPS) is 10.6. The first kappa shape index (κ1) is 15.8. The van der Waals surface area contributed by atoms with Gasteiger partial charge in [-0.2, -0.15) is 0 Å². The molecular formula is C17H16FN5O. The van der Waals surface area contributed by atoms with Crippen LogP contribution in [0.25, 0.3) is 11.3 Å². The zero-order valence-electron chi connectivity index (χ0n) is 13.1. The number of hydrogen-bond acceptors (Lipinski definition) is 4. The van der Waals surface area contributed by atoms with Gasteiger partial charge in [0.15, 0.2) is 5.69 Å². The highest BCUT2D eigenvalue weighted by Gasteiger charge is 2.21. The first-order chi connectivity index (χ1) is 11.7. The minimum absolute atomic E-state index is 0.177. The molecule has 0 unspecified atom stereocenters. The van der Waals surface area contributed by atoms with Crippen LogP contribution in [0, 0.1) is 5.82 Å². The number of benzene rings is 1. The largest absolute Gasteiger partial charge is 0.351 e. The van der Waals surface area contributed by atoms with E-state index in [0.29, 0.717) is 17.8 Å². The summed E-state index contributed by atoms with van der Waals surface area (Å²) in [6.07, 6.45) is 3.24. The zero-order valence-corrected chi connectivity index (χ0v) is 13.1. The Bertz CT molecular complexity index is 847. The Kier molecular flexibility index (Phi) is 4.60. The molecule has 1 N–H and O–H groups in total. The lowest BCUT2D eigenvalue weighted by Crippen LogP contribution is -2.24. The van der Waals surface area contributed by atoms with Gasteiger partial charge in [0, 0.05) is 30.1 Å². The molecule has 0 aliphatic heterocycles. The lowest BCUT2D eigenvalue weighted by atomic mass is 10.1. The number of amides is 1. The van der Waals surface area contributed by atoms with Crippen molar-refractivity contribution in [2.24, 2.45) is 0 Å². The summed E-state index contributed by atoms with van der Waals surface area (Å²) in [5.41, 5.74) is 1.96. The minimum atomic E-state index is -0.326. The predicted molar refractivity (Wildman–Crippen MR) is 86.8 cm³/mol. The Balaban J connectivity index is 2.06. The van der Waals surface area contributed by atoms with Gasteiger partial charge in [0.25, 0.3) is 5.91 Å². The Hall–Kier alpha value is -3.09. The lowest BCUT2D eigenvalue weighted by Gasteiger charge is -2.09. The van der Waals surface area contributed by atoms with Crippen LogP contribution >= 0.6 is 0 Å². The molecule has 0 spiro atoms. The van der Waals surface area contributed by atoms with Crippen LogP contribution in [-0.2, 0) is 6.54 Å². The number of rotatable bonds is 5. The van der Waals surface area contributed by atoms with E-state index in [1.54, 1.807) is 42.7 Å². The summed E-state index contributed by atoms with van der Waals surface area (Å²) in [5.74, 6) is -0.641. The van der Waals surface area contributed by atoms with Gasteiger partial charge in [-0.3, -0.25) is 9.78 Å². The van der Waals surface area contributed by atoms with Crippen LogP contribution < -0.4 is 5.32 Å². The number of halogens is 1. The summed E-state index contributed by atoms with van der Waals surface area (Å²) in [5, 5.41) is 10.8. The van der Waals surface area contributed by atoms with Gasteiger partial charge in [-0.1, -0.05) is 23.4 Å². The molecule has 1 amide bonds.